The fourth-order valence-corrected chi connectivity index (χ4v) is 1.26. The Kier molecular flexibility index (Phi) is 11.0. The van der Waals surface area contributed by atoms with Gasteiger partial charge in [0, 0.05) is 0 Å². The summed E-state index contributed by atoms with van der Waals surface area (Å²) < 4.78 is 0. The summed E-state index contributed by atoms with van der Waals surface area (Å²) >= 11 is 0. The van der Waals surface area contributed by atoms with Crippen LogP contribution in [0.5, 0.6) is 0 Å². The Morgan fingerprint density at radius 1 is 0.846 bits per heavy atom. The summed E-state index contributed by atoms with van der Waals surface area (Å²) in [6.45, 7) is 7.52. The Morgan fingerprint density at radius 2 is 1.46 bits per heavy atom. The third-order valence-corrected chi connectivity index (χ3v) is 2.13. The van der Waals surface area contributed by atoms with Gasteiger partial charge in [-0.2, -0.15) is 0 Å². The molecule has 0 rings (SSSR count). The molecular formula is C13H23. The fourth-order valence-electron chi connectivity index (χ4n) is 1.26. The molecule has 0 amide bonds. The molecule has 0 aromatic rings. The zero-order chi connectivity index (χ0) is 9.78. The summed E-state index contributed by atoms with van der Waals surface area (Å²) in [7, 11) is 0. The van der Waals surface area contributed by atoms with Crippen molar-refractivity contribution < 1.29 is 0 Å². The van der Waals surface area contributed by atoms with Gasteiger partial charge in [0.2, 0.25) is 0 Å². The van der Waals surface area contributed by atoms with Crippen molar-refractivity contribution in [2.75, 3.05) is 0 Å². The first-order chi connectivity index (χ1) is 6.41. The molecule has 13 heavy (non-hydrogen) atoms. The molecule has 0 aromatic carbocycles. The molecule has 0 aliphatic rings. The van der Waals surface area contributed by atoms with Crippen molar-refractivity contribution in [2.24, 2.45) is 0 Å². The van der Waals surface area contributed by atoms with Crippen LogP contribution in [0.2, 0.25) is 0 Å². The number of hydrogen-bond acceptors (Lipinski definition) is 0. The average Bonchev–Trinajstić information content (AvgIpc) is 2.16. The highest BCUT2D eigenvalue weighted by Gasteiger charge is 1.84. The molecule has 0 saturated carbocycles. The van der Waals surface area contributed by atoms with Gasteiger partial charge in [-0.3, -0.25) is 0 Å². The second-order valence-corrected chi connectivity index (χ2v) is 3.49. The molecule has 0 nitrogen and oxygen atoms in total. The molecule has 0 saturated heterocycles. The van der Waals surface area contributed by atoms with Crippen LogP contribution in [0.25, 0.3) is 0 Å². The van der Waals surface area contributed by atoms with Gasteiger partial charge >= 0.3 is 0 Å². The van der Waals surface area contributed by atoms with Crippen LogP contribution in [0.4, 0.5) is 0 Å². The summed E-state index contributed by atoms with van der Waals surface area (Å²) in [5.41, 5.74) is 0. The largest absolute Gasteiger partial charge is 0.0885 e. The minimum Gasteiger partial charge on any atom is -0.0885 e. The molecular weight excluding hydrogens is 156 g/mol. The molecule has 0 fully saturated rings. The van der Waals surface area contributed by atoms with Gasteiger partial charge in [-0.1, -0.05) is 51.0 Å². The third kappa shape index (κ3) is 11.5. The van der Waals surface area contributed by atoms with E-state index in [1.54, 1.807) is 6.08 Å². The lowest BCUT2D eigenvalue weighted by molar-refractivity contribution is 0.694. The van der Waals surface area contributed by atoms with Gasteiger partial charge in [-0.05, 0) is 32.1 Å². The van der Waals surface area contributed by atoms with Crippen molar-refractivity contribution in [2.45, 2.75) is 58.3 Å². The lowest BCUT2D eigenvalue weighted by Gasteiger charge is -1.94. The maximum Gasteiger partial charge on any atom is -0.0348 e. The summed E-state index contributed by atoms with van der Waals surface area (Å²) in [4.78, 5) is 0. The lowest BCUT2D eigenvalue weighted by atomic mass is 10.1. The Balaban J connectivity index is 2.97. The van der Waals surface area contributed by atoms with E-state index in [4.69, 9.17) is 6.58 Å². The van der Waals surface area contributed by atoms with E-state index < -0.39 is 0 Å². The number of rotatable bonds is 9. The van der Waals surface area contributed by atoms with Crippen LogP contribution in [-0.2, 0) is 0 Å². The van der Waals surface area contributed by atoms with Crippen LogP contribution in [-0.4, -0.2) is 0 Å². The van der Waals surface area contributed by atoms with E-state index in [9.17, 15) is 0 Å². The van der Waals surface area contributed by atoms with E-state index >= 15 is 0 Å². The van der Waals surface area contributed by atoms with E-state index in [2.05, 4.69) is 19.1 Å². The second-order valence-electron chi connectivity index (χ2n) is 3.49. The van der Waals surface area contributed by atoms with Gasteiger partial charge in [-0.25, -0.2) is 0 Å². The van der Waals surface area contributed by atoms with Crippen LogP contribution in [0.1, 0.15) is 58.3 Å². The standard InChI is InChI=1S/C13H23/c1-3-5-7-9-11-13-12-10-8-6-4-2/h1,3,10,12H,4-9,11,13H2,2H3/b3-1?,12-10-. The van der Waals surface area contributed by atoms with Gasteiger partial charge in [0.05, 0.1) is 0 Å². The molecule has 0 aliphatic carbocycles. The number of hydrogen-bond donors (Lipinski definition) is 0. The summed E-state index contributed by atoms with van der Waals surface area (Å²) in [6.07, 6.45) is 16.5. The predicted molar refractivity (Wildman–Crippen MR) is 60.6 cm³/mol. The second kappa shape index (κ2) is 11.5. The first kappa shape index (κ1) is 12.5. The quantitative estimate of drug-likeness (QED) is 0.356. The monoisotopic (exact) mass is 179 g/mol. The molecule has 1 radical (unpaired) electrons. The van der Waals surface area contributed by atoms with Gasteiger partial charge in [-0.15, -0.1) is 0 Å². The highest BCUT2D eigenvalue weighted by molar-refractivity contribution is 4.81. The molecule has 0 bridgehead atoms. The third-order valence-electron chi connectivity index (χ3n) is 2.13. The van der Waals surface area contributed by atoms with Crippen molar-refractivity contribution in [3.05, 3.63) is 24.8 Å². The van der Waals surface area contributed by atoms with Gasteiger partial charge in [0.15, 0.2) is 0 Å². The van der Waals surface area contributed by atoms with E-state index in [-0.39, 0.29) is 0 Å². The van der Waals surface area contributed by atoms with Gasteiger partial charge < -0.3 is 0 Å². The number of allylic oxidation sites excluding steroid dienone is 3. The normalized spacial score (nSPS) is 10.8. The van der Waals surface area contributed by atoms with Crippen molar-refractivity contribution in [3.8, 4) is 0 Å². The molecule has 75 valence electrons. The Labute approximate surface area is 83.7 Å². The smallest absolute Gasteiger partial charge is 0.0348 e. The Hall–Kier alpha value is -0.520. The van der Waals surface area contributed by atoms with E-state index in [0.29, 0.717) is 0 Å². The summed E-state index contributed by atoms with van der Waals surface area (Å²) in [6, 6.07) is 0. The zero-order valence-corrected chi connectivity index (χ0v) is 8.97. The first-order valence-corrected chi connectivity index (χ1v) is 5.60. The predicted octanol–water partition coefficient (Wildman–Crippen LogP) is 4.67. The summed E-state index contributed by atoms with van der Waals surface area (Å²) in [5.74, 6) is 0. The SMILES string of the molecule is [CH]=CCCCCC/C=C\CCCC. The van der Waals surface area contributed by atoms with E-state index in [0.717, 1.165) is 6.42 Å². The van der Waals surface area contributed by atoms with Crippen LogP contribution in [0.15, 0.2) is 18.2 Å². The van der Waals surface area contributed by atoms with Crippen LogP contribution in [0, 0.1) is 6.58 Å². The maximum absolute atomic E-state index is 5.29. The molecule has 0 N–H and O–H groups in total. The zero-order valence-electron chi connectivity index (χ0n) is 8.97. The van der Waals surface area contributed by atoms with E-state index in [1.165, 1.54) is 44.9 Å². The van der Waals surface area contributed by atoms with Crippen molar-refractivity contribution >= 4 is 0 Å². The van der Waals surface area contributed by atoms with Crippen molar-refractivity contribution in [3.63, 3.8) is 0 Å². The Bertz CT molecular complexity index is 122. The minimum absolute atomic E-state index is 1.07. The molecule has 0 atom stereocenters. The topological polar surface area (TPSA) is 0 Å². The molecule has 0 aliphatic heterocycles. The highest BCUT2D eigenvalue weighted by Crippen LogP contribution is 2.04. The summed E-state index contributed by atoms with van der Waals surface area (Å²) in [5, 5.41) is 0. The van der Waals surface area contributed by atoms with Crippen molar-refractivity contribution in [1.29, 1.82) is 0 Å². The van der Waals surface area contributed by atoms with Gasteiger partial charge in [0.25, 0.3) is 0 Å². The van der Waals surface area contributed by atoms with Crippen LogP contribution in [0.3, 0.4) is 0 Å². The minimum atomic E-state index is 1.07. The van der Waals surface area contributed by atoms with E-state index in [1.807, 2.05) is 0 Å². The van der Waals surface area contributed by atoms with Crippen LogP contribution < -0.4 is 0 Å². The average molecular weight is 179 g/mol. The highest BCUT2D eigenvalue weighted by atomic mass is 13.9. The molecule has 0 heterocycles. The van der Waals surface area contributed by atoms with Gasteiger partial charge in [0.1, 0.15) is 0 Å². The van der Waals surface area contributed by atoms with Crippen LogP contribution >= 0.6 is 0 Å². The fraction of sp³-hybridized carbons (Fsp3) is 0.692. The maximum atomic E-state index is 5.29. The first-order valence-electron chi connectivity index (χ1n) is 5.60. The number of unbranched alkanes of at least 4 members (excludes halogenated alkanes) is 6. The lowest BCUT2D eigenvalue weighted by Crippen LogP contribution is -1.74. The van der Waals surface area contributed by atoms with Crippen molar-refractivity contribution in [1.82, 2.24) is 0 Å². The molecule has 0 aromatic heterocycles. The Morgan fingerprint density at radius 3 is 2.08 bits per heavy atom. The molecule has 0 unspecified atom stereocenters. The molecule has 0 heteroatoms. The molecule has 0 spiro atoms.